The van der Waals surface area contributed by atoms with E-state index in [1.54, 1.807) is 0 Å². The van der Waals surface area contributed by atoms with Crippen molar-refractivity contribution in [3.05, 3.63) is 0 Å². The molecule has 2 saturated heterocycles. The number of carbonyl (C=O) groups is 1. The van der Waals surface area contributed by atoms with Gasteiger partial charge in [0.2, 0.25) is 11.6 Å². The van der Waals surface area contributed by atoms with Crippen LogP contribution in [0.15, 0.2) is 0 Å². The zero-order valence-corrected chi connectivity index (χ0v) is 10.8. The molecule has 0 radical (unpaired) electrons. The van der Waals surface area contributed by atoms with Gasteiger partial charge in [-0.1, -0.05) is 26.2 Å². The summed E-state index contributed by atoms with van der Waals surface area (Å²) in [5.74, 6) is 0.146. The molecule has 2 aliphatic heterocycles. The zero-order valence-electron chi connectivity index (χ0n) is 10.8. The molecule has 0 bridgehead atoms. The van der Waals surface area contributed by atoms with Crippen LogP contribution in [0.1, 0.15) is 51.9 Å². The molecule has 2 heterocycles. The van der Waals surface area contributed by atoms with E-state index in [0.29, 0.717) is 18.3 Å². The topological polar surface area (TPSA) is 51.4 Å². The van der Waals surface area contributed by atoms with Crippen molar-refractivity contribution in [2.45, 2.75) is 69.0 Å². The Morgan fingerprint density at radius 2 is 1.89 bits per heavy atom. The van der Waals surface area contributed by atoms with Crippen molar-refractivity contribution in [1.82, 2.24) is 0 Å². The molecule has 0 aromatic heterocycles. The summed E-state index contributed by atoms with van der Waals surface area (Å²) in [5, 5.41) is 0. The van der Waals surface area contributed by atoms with Crippen LogP contribution in [0.2, 0.25) is 0 Å². The Labute approximate surface area is 107 Å². The lowest BCUT2D eigenvalue weighted by atomic mass is 9.65. The standard InChI is InChI=1S/C14H20O4/c1-10-7-13-14(17-13,18-13)8-12(10,16-9-15)11-5-3-2-4-6-11/h9-11H,2-8H2,1H3. The second-order valence-corrected chi connectivity index (χ2v) is 6.50. The van der Waals surface area contributed by atoms with Crippen LogP contribution in [-0.2, 0) is 19.0 Å². The molecule has 2 atom stereocenters. The number of hydrogen-bond acceptors (Lipinski definition) is 4. The van der Waals surface area contributed by atoms with E-state index in [2.05, 4.69) is 6.92 Å². The fraction of sp³-hybridized carbons (Fsp3) is 0.929. The molecular weight excluding hydrogens is 232 g/mol. The summed E-state index contributed by atoms with van der Waals surface area (Å²) in [7, 11) is 0. The van der Waals surface area contributed by atoms with E-state index < -0.39 is 0 Å². The van der Waals surface area contributed by atoms with Crippen molar-refractivity contribution in [3.63, 3.8) is 0 Å². The Bertz CT molecular complexity index is 381. The highest BCUT2D eigenvalue weighted by Crippen LogP contribution is 2.77. The quantitative estimate of drug-likeness (QED) is 0.571. The van der Waals surface area contributed by atoms with Gasteiger partial charge in [0.05, 0.1) is 0 Å². The normalized spacial score (nSPS) is 54.2. The molecule has 100 valence electrons. The highest BCUT2D eigenvalue weighted by atomic mass is 17.0. The van der Waals surface area contributed by atoms with Gasteiger partial charge in [-0.3, -0.25) is 4.79 Å². The van der Waals surface area contributed by atoms with E-state index in [9.17, 15) is 4.79 Å². The summed E-state index contributed by atoms with van der Waals surface area (Å²) in [6.07, 6.45) is 7.76. The van der Waals surface area contributed by atoms with Crippen LogP contribution in [0.5, 0.6) is 0 Å². The summed E-state index contributed by atoms with van der Waals surface area (Å²) in [6, 6.07) is 0. The van der Waals surface area contributed by atoms with E-state index in [0.717, 1.165) is 12.8 Å². The Morgan fingerprint density at radius 3 is 2.56 bits per heavy atom. The molecule has 4 aliphatic rings. The van der Waals surface area contributed by atoms with Gasteiger partial charge in [-0.05, 0) is 18.8 Å². The van der Waals surface area contributed by atoms with Gasteiger partial charge in [-0.2, -0.15) is 0 Å². The van der Waals surface area contributed by atoms with Gasteiger partial charge < -0.3 is 14.2 Å². The maximum atomic E-state index is 11.0. The van der Waals surface area contributed by atoms with E-state index in [1.165, 1.54) is 32.1 Å². The van der Waals surface area contributed by atoms with Crippen molar-refractivity contribution in [1.29, 1.82) is 0 Å². The SMILES string of the molecule is CC1CC23OC2(CC1(OC=O)C1CCCCC1)O3. The van der Waals surface area contributed by atoms with Crippen LogP contribution < -0.4 is 0 Å². The first kappa shape index (κ1) is 11.2. The predicted molar refractivity (Wildman–Crippen MR) is 62.5 cm³/mol. The number of carbonyl (C=O) groups excluding carboxylic acids is 1. The molecule has 0 amide bonds. The molecule has 4 nitrogen and oxygen atoms in total. The minimum Gasteiger partial charge on any atom is -0.460 e. The minimum atomic E-state index is -0.375. The van der Waals surface area contributed by atoms with Gasteiger partial charge in [-0.25, -0.2) is 0 Å². The van der Waals surface area contributed by atoms with Crippen LogP contribution in [0.25, 0.3) is 0 Å². The Morgan fingerprint density at radius 1 is 1.17 bits per heavy atom. The molecule has 4 fully saturated rings. The molecule has 4 rings (SSSR count). The van der Waals surface area contributed by atoms with Gasteiger partial charge in [0.15, 0.2) is 0 Å². The molecule has 0 aromatic rings. The highest BCUT2D eigenvalue weighted by Gasteiger charge is 2.94. The van der Waals surface area contributed by atoms with Crippen molar-refractivity contribution < 1.29 is 19.0 Å². The molecule has 2 saturated carbocycles. The maximum Gasteiger partial charge on any atom is 0.293 e. The van der Waals surface area contributed by atoms with E-state index in [4.69, 9.17) is 14.2 Å². The monoisotopic (exact) mass is 252 g/mol. The predicted octanol–water partition coefficient (Wildman–Crippen LogP) is 2.36. The molecule has 0 N–H and O–H groups in total. The summed E-state index contributed by atoms with van der Waals surface area (Å²) in [6.45, 7) is 2.82. The average Bonchev–Trinajstić information content (AvgIpc) is 3.16. The molecule has 0 spiro atoms. The van der Waals surface area contributed by atoms with Crippen molar-refractivity contribution in [2.75, 3.05) is 0 Å². The smallest absolute Gasteiger partial charge is 0.293 e. The lowest BCUT2D eigenvalue weighted by Crippen LogP contribution is -2.51. The van der Waals surface area contributed by atoms with Gasteiger partial charge in [0.1, 0.15) is 5.60 Å². The number of hydrogen-bond donors (Lipinski definition) is 0. The van der Waals surface area contributed by atoms with Gasteiger partial charge >= 0.3 is 0 Å². The van der Waals surface area contributed by atoms with Crippen LogP contribution in [0.3, 0.4) is 0 Å². The number of ether oxygens (including phenoxy) is 3. The summed E-state index contributed by atoms with van der Waals surface area (Å²) in [4.78, 5) is 11.0. The van der Waals surface area contributed by atoms with Crippen LogP contribution >= 0.6 is 0 Å². The molecular formula is C14H20O4. The second-order valence-electron chi connectivity index (χ2n) is 6.50. The Balaban J connectivity index is 1.64. The first-order chi connectivity index (χ1) is 8.66. The highest BCUT2D eigenvalue weighted by molar-refractivity contribution is 5.40. The van der Waals surface area contributed by atoms with Crippen molar-refractivity contribution in [3.8, 4) is 0 Å². The fourth-order valence-corrected chi connectivity index (χ4v) is 4.53. The second kappa shape index (κ2) is 3.28. The van der Waals surface area contributed by atoms with Crippen molar-refractivity contribution in [2.24, 2.45) is 11.8 Å². The summed E-state index contributed by atoms with van der Waals surface area (Å²) < 4.78 is 17.0. The van der Waals surface area contributed by atoms with Crippen LogP contribution in [0, 0.1) is 11.8 Å². The summed E-state index contributed by atoms with van der Waals surface area (Å²) in [5.41, 5.74) is -0.349. The maximum absolute atomic E-state index is 11.0. The first-order valence-electron chi connectivity index (χ1n) is 7.18. The van der Waals surface area contributed by atoms with Crippen LogP contribution in [0.4, 0.5) is 0 Å². The first-order valence-corrected chi connectivity index (χ1v) is 7.18. The average molecular weight is 252 g/mol. The van der Waals surface area contributed by atoms with E-state index in [-0.39, 0.29) is 17.2 Å². The molecule has 2 aliphatic carbocycles. The largest absolute Gasteiger partial charge is 0.460 e. The number of rotatable bonds is 3. The minimum absolute atomic E-state index is 0.281. The Hall–Kier alpha value is -0.610. The van der Waals surface area contributed by atoms with Gasteiger partial charge in [0.25, 0.3) is 6.47 Å². The lowest BCUT2D eigenvalue weighted by molar-refractivity contribution is -0.169. The third-order valence-corrected chi connectivity index (χ3v) is 5.64. The van der Waals surface area contributed by atoms with E-state index >= 15 is 0 Å². The Kier molecular flexibility index (Phi) is 2.05. The molecule has 2 unspecified atom stereocenters. The van der Waals surface area contributed by atoms with E-state index in [1.807, 2.05) is 0 Å². The molecule has 4 heteroatoms. The summed E-state index contributed by atoms with van der Waals surface area (Å²) >= 11 is 0. The third kappa shape index (κ3) is 1.21. The lowest BCUT2D eigenvalue weighted by Gasteiger charge is -2.45. The number of epoxide rings is 2. The zero-order chi connectivity index (χ0) is 12.4. The third-order valence-electron chi connectivity index (χ3n) is 5.64. The van der Waals surface area contributed by atoms with Crippen LogP contribution in [-0.4, -0.2) is 23.6 Å². The fourth-order valence-electron chi connectivity index (χ4n) is 4.53. The van der Waals surface area contributed by atoms with Gasteiger partial charge in [0, 0.05) is 18.8 Å². The van der Waals surface area contributed by atoms with Crippen molar-refractivity contribution >= 4 is 6.47 Å². The molecule has 18 heavy (non-hydrogen) atoms. The molecule has 0 aromatic carbocycles. The van der Waals surface area contributed by atoms with Gasteiger partial charge in [-0.15, -0.1) is 0 Å².